The Morgan fingerprint density at radius 1 is 0.946 bits per heavy atom. The second kappa shape index (κ2) is 12.2. The van der Waals surface area contributed by atoms with Crippen molar-refractivity contribution in [3.8, 4) is 11.1 Å². The Bertz CT molecular complexity index is 1180. The Morgan fingerprint density at radius 2 is 1.73 bits per heavy atom. The molecule has 2 aromatic heterocycles. The number of rotatable bonds is 2. The predicted molar refractivity (Wildman–Crippen MR) is 143 cm³/mol. The maximum Gasteiger partial charge on any atom is 0.239 e. The van der Waals surface area contributed by atoms with Gasteiger partial charge in [0.25, 0.3) is 0 Å². The normalized spacial score (nSPS) is 22.7. The smallest absolute Gasteiger partial charge is 0.239 e. The number of nitrogens with zero attached hydrogens (tertiary/aromatic N) is 5. The molecular formula is C28H35N7O2. The number of hydrogen-bond donors (Lipinski definition) is 2. The SMILES string of the molecule is COCC1C(=O)NCCCNc2ncc(cn2)-c2ccnc(c2)Cc2cccc(c2)CN2CCN1CC2. The van der Waals surface area contributed by atoms with Crippen molar-refractivity contribution >= 4 is 11.9 Å². The summed E-state index contributed by atoms with van der Waals surface area (Å²) >= 11 is 0. The molecule has 8 bridgehead atoms. The summed E-state index contributed by atoms with van der Waals surface area (Å²) in [4.78, 5) is 31.2. The first-order valence-electron chi connectivity index (χ1n) is 13.0. The molecule has 8 rings (SSSR count). The number of nitrogens with one attached hydrogen (secondary N) is 2. The number of piperazine rings is 1. The first-order valence-corrected chi connectivity index (χ1v) is 13.0. The number of pyridine rings is 1. The van der Waals surface area contributed by atoms with Crippen LogP contribution in [0.1, 0.15) is 23.2 Å². The highest BCUT2D eigenvalue weighted by atomic mass is 16.5. The summed E-state index contributed by atoms with van der Waals surface area (Å²) in [6.07, 6.45) is 7.06. The Labute approximate surface area is 218 Å². The third-order valence-corrected chi connectivity index (χ3v) is 7.00. The van der Waals surface area contributed by atoms with E-state index in [-0.39, 0.29) is 11.9 Å². The highest BCUT2D eigenvalue weighted by molar-refractivity contribution is 5.81. The first-order chi connectivity index (χ1) is 18.2. The molecule has 9 heteroatoms. The Kier molecular flexibility index (Phi) is 8.35. The summed E-state index contributed by atoms with van der Waals surface area (Å²) in [6.45, 7) is 6.06. The van der Waals surface area contributed by atoms with E-state index in [1.54, 1.807) is 7.11 Å². The lowest BCUT2D eigenvalue weighted by molar-refractivity contribution is -0.129. The van der Waals surface area contributed by atoms with Crippen molar-refractivity contribution in [3.63, 3.8) is 0 Å². The second-order valence-electron chi connectivity index (χ2n) is 9.68. The minimum atomic E-state index is -0.275. The van der Waals surface area contributed by atoms with E-state index in [9.17, 15) is 4.79 Å². The lowest BCUT2D eigenvalue weighted by atomic mass is 10.0. The van der Waals surface area contributed by atoms with E-state index in [2.05, 4.69) is 65.7 Å². The van der Waals surface area contributed by atoms with Crippen LogP contribution in [-0.2, 0) is 22.5 Å². The van der Waals surface area contributed by atoms with Crippen LogP contribution >= 0.6 is 0 Å². The van der Waals surface area contributed by atoms with Crippen LogP contribution in [0.15, 0.2) is 55.0 Å². The van der Waals surface area contributed by atoms with Gasteiger partial charge in [-0.3, -0.25) is 19.6 Å². The van der Waals surface area contributed by atoms with Gasteiger partial charge in [-0.15, -0.1) is 0 Å². The van der Waals surface area contributed by atoms with Crippen LogP contribution in [0.4, 0.5) is 5.95 Å². The quantitative estimate of drug-likeness (QED) is 0.552. The summed E-state index contributed by atoms with van der Waals surface area (Å²) in [5.41, 5.74) is 5.56. The third kappa shape index (κ3) is 6.68. The molecule has 1 atom stereocenters. The monoisotopic (exact) mass is 501 g/mol. The lowest BCUT2D eigenvalue weighted by Crippen LogP contribution is -2.56. The summed E-state index contributed by atoms with van der Waals surface area (Å²) < 4.78 is 5.40. The van der Waals surface area contributed by atoms with Crippen LogP contribution in [-0.4, -0.2) is 89.7 Å². The predicted octanol–water partition coefficient (Wildman–Crippen LogP) is 2.19. The highest BCUT2D eigenvalue weighted by Gasteiger charge is 2.29. The molecule has 194 valence electrons. The number of ether oxygens (including phenoxy) is 1. The van der Waals surface area contributed by atoms with Gasteiger partial charge in [0.15, 0.2) is 0 Å². The van der Waals surface area contributed by atoms with Gasteiger partial charge in [0.2, 0.25) is 11.9 Å². The molecule has 5 aliphatic rings. The summed E-state index contributed by atoms with van der Waals surface area (Å²) in [5, 5.41) is 6.33. The topological polar surface area (TPSA) is 95.5 Å². The van der Waals surface area contributed by atoms with Crippen LogP contribution in [0.2, 0.25) is 0 Å². The molecule has 0 spiro atoms. The van der Waals surface area contributed by atoms with E-state index >= 15 is 0 Å². The number of anilines is 1. The summed E-state index contributed by atoms with van der Waals surface area (Å²) in [6, 6.07) is 12.6. The molecule has 37 heavy (non-hydrogen) atoms. The van der Waals surface area contributed by atoms with E-state index in [4.69, 9.17) is 4.74 Å². The van der Waals surface area contributed by atoms with Crippen LogP contribution in [0.3, 0.4) is 0 Å². The van der Waals surface area contributed by atoms with Gasteiger partial charge < -0.3 is 15.4 Å². The Morgan fingerprint density at radius 3 is 2.54 bits per heavy atom. The molecule has 3 aromatic rings. The third-order valence-electron chi connectivity index (χ3n) is 7.00. The molecule has 0 radical (unpaired) electrons. The van der Waals surface area contributed by atoms with Crippen molar-refractivity contribution in [2.75, 3.05) is 58.3 Å². The average Bonchev–Trinajstić information content (AvgIpc) is 2.92. The zero-order chi connectivity index (χ0) is 25.5. The zero-order valence-corrected chi connectivity index (χ0v) is 21.4. The van der Waals surface area contributed by atoms with Crippen LogP contribution in [0.25, 0.3) is 11.1 Å². The number of carbonyl (C=O) groups excluding carboxylic acids is 1. The van der Waals surface area contributed by atoms with Gasteiger partial charge in [-0.25, -0.2) is 9.97 Å². The van der Waals surface area contributed by atoms with Crippen molar-refractivity contribution in [1.29, 1.82) is 0 Å². The molecule has 1 fully saturated rings. The van der Waals surface area contributed by atoms with Crippen molar-refractivity contribution in [1.82, 2.24) is 30.1 Å². The lowest BCUT2D eigenvalue weighted by Gasteiger charge is -2.38. The van der Waals surface area contributed by atoms with Crippen molar-refractivity contribution in [2.45, 2.75) is 25.4 Å². The molecule has 1 unspecified atom stereocenters. The van der Waals surface area contributed by atoms with Gasteiger partial charge in [-0.05, 0) is 35.2 Å². The molecule has 0 aliphatic carbocycles. The van der Waals surface area contributed by atoms with E-state index in [0.717, 1.165) is 62.4 Å². The van der Waals surface area contributed by atoms with E-state index in [0.29, 0.717) is 25.6 Å². The highest BCUT2D eigenvalue weighted by Crippen LogP contribution is 2.21. The molecule has 9 nitrogen and oxygen atoms in total. The maximum atomic E-state index is 13.0. The number of carbonyl (C=O) groups is 1. The maximum absolute atomic E-state index is 13.0. The Balaban J connectivity index is 1.36. The van der Waals surface area contributed by atoms with Gasteiger partial charge in [0, 0.05) is 89.2 Å². The number of hydrogen-bond acceptors (Lipinski definition) is 8. The fourth-order valence-electron chi connectivity index (χ4n) is 4.98. The van der Waals surface area contributed by atoms with Gasteiger partial charge >= 0.3 is 0 Å². The van der Waals surface area contributed by atoms with Crippen molar-refractivity contribution in [2.24, 2.45) is 0 Å². The number of amides is 1. The second-order valence-corrected chi connectivity index (χ2v) is 9.68. The minimum absolute atomic E-state index is 0.0253. The zero-order valence-electron chi connectivity index (χ0n) is 21.4. The first kappa shape index (κ1) is 25.3. The van der Waals surface area contributed by atoms with Gasteiger partial charge in [-0.1, -0.05) is 24.3 Å². The van der Waals surface area contributed by atoms with E-state index in [1.165, 1.54) is 11.1 Å². The van der Waals surface area contributed by atoms with Crippen molar-refractivity contribution in [3.05, 3.63) is 71.8 Å². The molecule has 0 saturated carbocycles. The van der Waals surface area contributed by atoms with Gasteiger partial charge in [0.1, 0.15) is 6.04 Å². The van der Waals surface area contributed by atoms with Crippen LogP contribution in [0.5, 0.6) is 0 Å². The number of methoxy groups -OCH3 is 1. The molecule has 1 aromatic carbocycles. The van der Waals surface area contributed by atoms with E-state index < -0.39 is 0 Å². The van der Waals surface area contributed by atoms with Gasteiger partial charge in [0.05, 0.1) is 6.61 Å². The molecule has 5 aliphatic heterocycles. The molecule has 7 heterocycles. The number of benzene rings is 1. The number of aromatic nitrogens is 3. The standard InChI is InChI=1S/C28H35N7O2/c1-37-20-26-27(36)30-7-3-8-31-28-32-17-24(18-33-28)23-6-9-29-25(16-23)15-21-4-2-5-22(14-21)19-34-10-12-35(26)13-11-34/h2,4-6,9,14,16-18,26H,3,7-8,10-13,15,19-20H2,1H3,(H,30,36)(H,31,32,33). The molecular weight excluding hydrogens is 466 g/mol. The Hall–Kier alpha value is -3.40. The molecule has 1 amide bonds. The van der Waals surface area contributed by atoms with Gasteiger partial charge in [-0.2, -0.15) is 0 Å². The largest absolute Gasteiger partial charge is 0.383 e. The van der Waals surface area contributed by atoms with E-state index in [1.807, 2.05) is 24.7 Å². The van der Waals surface area contributed by atoms with Crippen LogP contribution in [0, 0.1) is 0 Å². The molecule has 1 saturated heterocycles. The molecule has 2 N–H and O–H groups in total. The fourth-order valence-corrected chi connectivity index (χ4v) is 4.98. The summed E-state index contributed by atoms with van der Waals surface area (Å²) in [5.74, 6) is 0.604. The fraction of sp³-hybridized carbons (Fsp3) is 0.429. The minimum Gasteiger partial charge on any atom is -0.383 e. The van der Waals surface area contributed by atoms with Crippen molar-refractivity contribution < 1.29 is 9.53 Å². The van der Waals surface area contributed by atoms with Crippen LogP contribution < -0.4 is 10.6 Å². The summed E-state index contributed by atoms with van der Waals surface area (Å²) in [7, 11) is 1.65. The average molecular weight is 502 g/mol.